The molecule has 0 aliphatic rings. The molecule has 0 spiro atoms. The van der Waals surface area contributed by atoms with Crippen molar-refractivity contribution in [3.05, 3.63) is 41.9 Å². The molecule has 0 aromatic carbocycles. The zero-order chi connectivity index (χ0) is 15.5. The first kappa shape index (κ1) is 15.1. The molecule has 0 unspecified atom stereocenters. The molecule has 2 heterocycles. The van der Waals surface area contributed by atoms with Crippen LogP contribution in [0.1, 0.15) is 16.1 Å². The third-order valence-corrected chi connectivity index (χ3v) is 4.74. The molecule has 0 fully saturated rings. The van der Waals surface area contributed by atoms with E-state index in [1.54, 1.807) is 18.3 Å². The highest BCUT2D eigenvalue weighted by molar-refractivity contribution is 7.89. The first-order chi connectivity index (χ1) is 9.93. The quantitative estimate of drug-likeness (QED) is 0.796. The van der Waals surface area contributed by atoms with Crippen LogP contribution in [0, 0.1) is 0 Å². The van der Waals surface area contributed by atoms with Crippen molar-refractivity contribution in [3.63, 3.8) is 0 Å². The molecule has 2 aromatic heterocycles. The average molecular weight is 310 g/mol. The summed E-state index contributed by atoms with van der Waals surface area (Å²) in [5.41, 5.74) is 0.377. The molecular formula is C12H14N4O4S. The summed E-state index contributed by atoms with van der Waals surface area (Å²) >= 11 is 0. The summed E-state index contributed by atoms with van der Waals surface area (Å²) in [6, 6.07) is 5.38. The van der Waals surface area contributed by atoms with Crippen LogP contribution in [0.3, 0.4) is 0 Å². The standard InChI is InChI=1S/C12H14N4O4S/c1-16(7-5-9-4-2-3-6-13-9)21(19,20)11-10(12(17)18)8-14-15-11/h2-4,6,8H,5,7H2,1H3,(H,14,15)(H,17,18). The monoisotopic (exact) mass is 310 g/mol. The number of carbonyl (C=O) groups is 1. The van der Waals surface area contributed by atoms with Gasteiger partial charge < -0.3 is 5.11 Å². The lowest BCUT2D eigenvalue weighted by molar-refractivity contribution is 0.0692. The number of carboxylic acids is 1. The van der Waals surface area contributed by atoms with E-state index in [2.05, 4.69) is 15.2 Å². The lowest BCUT2D eigenvalue weighted by atomic mass is 10.3. The molecule has 2 aromatic rings. The summed E-state index contributed by atoms with van der Waals surface area (Å²) in [6.45, 7) is 0.178. The number of aromatic nitrogens is 3. The van der Waals surface area contributed by atoms with Crippen LogP contribution in [0.15, 0.2) is 35.6 Å². The molecule has 0 amide bonds. The second-order valence-corrected chi connectivity index (χ2v) is 6.30. The van der Waals surface area contributed by atoms with Crippen LogP contribution in [0.25, 0.3) is 0 Å². The van der Waals surface area contributed by atoms with Crippen molar-refractivity contribution in [2.24, 2.45) is 0 Å². The Balaban J connectivity index is 2.15. The SMILES string of the molecule is CN(CCc1ccccn1)S(=O)(=O)c1[nH]ncc1C(=O)O. The van der Waals surface area contributed by atoms with E-state index in [4.69, 9.17) is 5.11 Å². The fourth-order valence-corrected chi connectivity index (χ4v) is 2.95. The molecule has 21 heavy (non-hydrogen) atoms. The molecule has 0 saturated carbocycles. The Bertz CT molecular complexity index is 727. The Morgan fingerprint density at radius 2 is 2.19 bits per heavy atom. The maximum absolute atomic E-state index is 12.3. The van der Waals surface area contributed by atoms with E-state index < -0.39 is 21.0 Å². The predicted molar refractivity (Wildman–Crippen MR) is 73.3 cm³/mol. The van der Waals surface area contributed by atoms with Gasteiger partial charge in [-0.2, -0.15) is 9.40 Å². The molecule has 0 aliphatic carbocycles. The third-order valence-electron chi connectivity index (χ3n) is 2.91. The number of pyridine rings is 1. The Morgan fingerprint density at radius 3 is 2.81 bits per heavy atom. The molecule has 0 bridgehead atoms. The summed E-state index contributed by atoms with van der Waals surface area (Å²) in [5.74, 6) is -1.35. The van der Waals surface area contributed by atoms with Gasteiger partial charge in [0.1, 0.15) is 5.56 Å². The summed E-state index contributed by atoms with van der Waals surface area (Å²) in [7, 11) is -2.56. The van der Waals surface area contributed by atoms with E-state index in [0.29, 0.717) is 6.42 Å². The number of nitrogens with zero attached hydrogens (tertiary/aromatic N) is 3. The number of rotatable bonds is 6. The molecule has 2 N–H and O–H groups in total. The average Bonchev–Trinajstić information content (AvgIpc) is 2.96. The van der Waals surface area contributed by atoms with Crippen molar-refractivity contribution in [3.8, 4) is 0 Å². The minimum absolute atomic E-state index is 0.178. The number of hydrogen-bond donors (Lipinski definition) is 2. The summed E-state index contributed by atoms with van der Waals surface area (Å²) < 4.78 is 25.7. The highest BCUT2D eigenvalue weighted by Gasteiger charge is 2.28. The van der Waals surface area contributed by atoms with E-state index in [-0.39, 0.29) is 12.1 Å². The summed E-state index contributed by atoms with van der Waals surface area (Å²) in [4.78, 5) is 15.1. The van der Waals surface area contributed by atoms with Gasteiger partial charge in [-0.15, -0.1) is 0 Å². The topological polar surface area (TPSA) is 116 Å². The Kier molecular flexibility index (Phi) is 4.34. The van der Waals surface area contributed by atoms with Crippen LogP contribution < -0.4 is 0 Å². The van der Waals surface area contributed by atoms with Gasteiger partial charge in [-0.25, -0.2) is 13.2 Å². The van der Waals surface area contributed by atoms with Gasteiger partial charge in [-0.3, -0.25) is 10.1 Å². The van der Waals surface area contributed by atoms with Crippen molar-refractivity contribution in [1.29, 1.82) is 0 Å². The van der Waals surface area contributed by atoms with E-state index in [9.17, 15) is 13.2 Å². The largest absolute Gasteiger partial charge is 0.478 e. The predicted octanol–water partition coefficient (Wildman–Crippen LogP) is 0.366. The number of nitrogens with one attached hydrogen (secondary N) is 1. The van der Waals surface area contributed by atoms with Crippen molar-refractivity contribution >= 4 is 16.0 Å². The van der Waals surface area contributed by atoms with Gasteiger partial charge in [0.2, 0.25) is 0 Å². The zero-order valence-electron chi connectivity index (χ0n) is 11.2. The molecule has 0 radical (unpaired) electrons. The fraction of sp³-hybridized carbons (Fsp3) is 0.250. The second kappa shape index (κ2) is 6.02. The normalized spacial score (nSPS) is 11.7. The van der Waals surface area contributed by atoms with E-state index in [0.717, 1.165) is 16.2 Å². The summed E-state index contributed by atoms with van der Waals surface area (Å²) in [5, 5.41) is 14.3. The first-order valence-electron chi connectivity index (χ1n) is 6.06. The van der Waals surface area contributed by atoms with Gasteiger partial charge >= 0.3 is 5.97 Å². The fourth-order valence-electron chi connectivity index (χ4n) is 1.72. The van der Waals surface area contributed by atoms with Crippen molar-refractivity contribution in [2.75, 3.05) is 13.6 Å². The Hall–Kier alpha value is -2.26. The van der Waals surface area contributed by atoms with E-state index in [1.165, 1.54) is 7.05 Å². The molecule has 0 aliphatic heterocycles. The van der Waals surface area contributed by atoms with Gasteiger partial charge in [-0.1, -0.05) is 6.07 Å². The molecule has 2 rings (SSSR count). The number of hydrogen-bond acceptors (Lipinski definition) is 5. The molecule has 9 heteroatoms. The minimum atomic E-state index is -3.93. The van der Waals surface area contributed by atoms with Crippen LogP contribution in [-0.2, 0) is 16.4 Å². The van der Waals surface area contributed by atoms with Gasteiger partial charge in [-0.05, 0) is 12.1 Å². The van der Waals surface area contributed by atoms with Gasteiger partial charge in [0.25, 0.3) is 10.0 Å². The number of aromatic amines is 1. The number of carboxylic acid groups (broad SMARTS) is 1. The minimum Gasteiger partial charge on any atom is -0.478 e. The van der Waals surface area contributed by atoms with Gasteiger partial charge in [0, 0.05) is 31.9 Å². The molecule has 8 nitrogen and oxygen atoms in total. The highest BCUT2D eigenvalue weighted by Crippen LogP contribution is 2.16. The van der Waals surface area contributed by atoms with E-state index in [1.807, 2.05) is 6.07 Å². The maximum atomic E-state index is 12.3. The van der Waals surface area contributed by atoms with Crippen LogP contribution in [0.2, 0.25) is 0 Å². The third kappa shape index (κ3) is 3.26. The lowest BCUT2D eigenvalue weighted by Crippen LogP contribution is -2.30. The van der Waals surface area contributed by atoms with Gasteiger partial charge in [0.05, 0.1) is 6.20 Å². The van der Waals surface area contributed by atoms with E-state index >= 15 is 0 Å². The number of sulfonamides is 1. The van der Waals surface area contributed by atoms with Gasteiger partial charge in [0.15, 0.2) is 5.03 Å². The van der Waals surface area contributed by atoms with Crippen molar-refractivity contribution < 1.29 is 18.3 Å². The zero-order valence-corrected chi connectivity index (χ0v) is 12.0. The molecule has 112 valence electrons. The van der Waals surface area contributed by atoms with Crippen molar-refractivity contribution in [1.82, 2.24) is 19.5 Å². The number of likely N-dealkylation sites (N-methyl/N-ethyl adjacent to an activating group) is 1. The highest BCUT2D eigenvalue weighted by atomic mass is 32.2. The smallest absolute Gasteiger partial charge is 0.340 e. The Labute approximate surface area is 121 Å². The number of H-pyrrole nitrogens is 1. The second-order valence-electron chi connectivity index (χ2n) is 4.32. The lowest BCUT2D eigenvalue weighted by Gasteiger charge is -2.16. The number of aromatic carboxylic acids is 1. The van der Waals surface area contributed by atoms with Crippen LogP contribution in [0.5, 0.6) is 0 Å². The molecule has 0 saturated heterocycles. The Morgan fingerprint density at radius 1 is 1.43 bits per heavy atom. The van der Waals surface area contributed by atoms with Crippen molar-refractivity contribution in [2.45, 2.75) is 11.4 Å². The maximum Gasteiger partial charge on any atom is 0.340 e. The van der Waals surface area contributed by atoms with Crippen LogP contribution in [0.4, 0.5) is 0 Å². The summed E-state index contributed by atoms with van der Waals surface area (Å²) in [6.07, 6.45) is 3.02. The molecular weight excluding hydrogens is 296 g/mol. The molecule has 0 atom stereocenters. The van der Waals surface area contributed by atoms with Crippen LogP contribution >= 0.6 is 0 Å². The first-order valence-corrected chi connectivity index (χ1v) is 7.50. The van der Waals surface area contributed by atoms with Crippen LogP contribution in [-0.4, -0.2) is 52.6 Å².